The quantitative estimate of drug-likeness (QED) is 0.749. The molecule has 28 heavy (non-hydrogen) atoms. The summed E-state index contributed by atoms with van der Waals surface area (Å²) in [5.74, 6) is 2.33. The minimum Gasteiger partial charge on any atom is -0.489 e. The van der Waals surface area contributed by atoms with Crippen LogP contribution in [0.15, 0.2) is 48.5 Å². The van der Waals surface area contributed by atoms with Gasteiger partial charge in [0.05, 0.1) is 6.04 Å². The Labute approximate surface area is 167 Å². The number of likely N-dealkylation sites (tertiary alicyclic amines) is 1. The predicted octanol–water partition coefficient (Wildman–Crippen LogP) is 4.84. The molecule has 3 heteroatoms. The van der Waals surface area contributed by atoms with Crippen molar-refractivity contribution in [2.24, 2.45) is 11.8 Å². The molecule has 1 aliphatic heterocycles. The van der Waals surface area contributed by atoms with Crippen LogP contribution in [0.25, 0.3) is 0 Å². The van der Waals surface area contributed by atoms with E-state index in [0.29, 0.717) is 18.3 Å². The molecular formula is C25H29NO2. The number of hydrogen-bond donors (Lipinski definition) is 0. The molecule has 0 aromatic heterocycles. The van der Waals surface area contributed by atoms with E-state index in [-0.39, 0.29) is 11.5 Å². The molecule has 2 fully saturated rings. The number of carbonyl (C=O) groups excluding carboxylic acids is 1. The number of benzene rings is 2. The Morgan fingerprint density at radius 1 is 1.14 bits per heavy atom. The van der Waals surface area contributed by atoms with E-state index in [4.69, 9.17) is 4.74 Å². The highest BCUT2D eigenvalue weighted by atomic mass is 16.5. The Balaban J connectivity index is 1.43. The summed E-state index contributed by atoms with van der Waals surface area (Å²) in [5, 5.41) is 0. The second-order valence-electron chi connectivity index (χ2n) is 9.19. The van der Waals surface area contributed by atoms with Crippen LogP contribution in [-0.2, 0) is 12.0 Å². The van der Waals surface area contributed by atoms with Gasteiger partial charge in [0.15, 0.2) is 5.78 Å². The third-order valence-electron chi connectivity index (χ3n) is 7.37. The lowest BCUT2D eigenvalue weighted by atomic mass is 9.58. The van der Waals surface area contributed by atoms with Gasteiger partial charge in [-0.3, -0.25) is 9.69 Å². The number of carbonyl (C=O) groups is 1. The maximum Gasteiger partial charge on any atom is 0.180 e. The van der Waals surface area contributed by atoms with Crippen LogP contribution >= 0.6 is 0 Å². The number of ketones is 1. The van der Waals surface area contributed by atoms with Crippen molar-refractivity contribution in [1.82, 2.24) is 4.90 Å². The van der Waals surface area contributed by atoms with Crippen LogP contribution in [0.4, 0.5) is 0 Å². The van der Waals surface area contributed by atoms with Crippen LogP contribution in [0, 0.1) is 11.8 Å². The summed E-state index contributed by atoms with van der Waals surface area (Å²) in [5.41, 5.74) is 3.31. The zero-order valence-corrected chi connectivity index (χ0v) is 16.9. The average molecular weight is 376 g/mol. The van der Waals surface area contributed by atoms with Crippen LogP contribution < -0.4 is 4.74 Å². The fourth-order valence-electron chi connectivity index (χ4n) is 5.22. The van der Waals surface area contributed by atoms with Crippen LogP contribution in [0.1, 0.15) is 54.6 Å². The Kier molecular flexibility index (Phi) is 4.31. The maximum atomic E-state index is 13.4. The highest BCUT2D eigenvalue weighted by molar-refractivity contribution is 6.03. The van der Waals surface area contributed by atoms with Gasteiger partial charge in [0.2, 0.25) is 0 Å². The number of nitrogens with zero attached hydrogens (tertiary/aromatic N) is 1. The monoisotopic (exact) mass is 375 g/mol. The Morgan fingerprint density at radius 3 is 2.68 bits per heavy atom. The Hall–Kier alpha value is -2.13. The van der Waals surface area contributed by atoms with Crippen molar-refractivity contribution in [3.8, 4) is 5.75 Å². The van der Waals surface area contributed by atoms with Gasteiger partial charge in [0, 0.05) is 12.1 Å². The minimum atomic E-state index is 0.0417. The fraction of sp³-hybridized carbons (Fsp3) is 0.480. The third-order valence-corrected chi connectivity index (χ3v) is 7.37. The van der Waals surface area contributed by atoms with Crippen molar-refractivity contribution in [2.45, 2.75) is 51.2 Å². The first-order chi connectivity index (χ1) is 13.6. The second kappa shape index (κ2) is 6.73. The molecule has 0 radical (unpaired) electrons. The number of fused-ring (bicyclic) bond motifs is 4. The molecule has 2 aromatic carbocycles. The van der Waals surface area contributed by atoms with Gasteiger partial charge in [0.1, 0.15) is 12.4 Å². The first kappa shape index (κ1) is 17.9. The van der Waals surface area contributed by atoms with E-state index < -0.39 is 0 Å². The third kappa shape index (κ3) is 2.97. The highest BCUT2D eigenvalue weighted by Gasteiger charge is 2.52. The minimum absolute atomic E-state index is 0.0417. The van der Waals surface area contributed by atoms with Gasteiger partial charge in [-0.1, -0.05) is 44.2 Å². The van der Waals surface area contributed by atoms with E-state index in [9.17, 15) is 4.79 Å². The summed E-state index contributed by atoms with van der Waals surface area (Å²) < 4.78 is 6.07. The standard InChI is InChI=1S/C25H29NO2/c1-17-23-24(27)21-11-10-20(28-16-19-6-4-3-5-7-19)14-22(21)25(17,2)12-13-26(23)15-18-8-9-18/h3-7,10-11,14,17-18,23H,8-9,12-13,15-16H2,1-2H3/t17-,23-,25+/m0/s1. The molecule has 3 atom stereocenters. The van der Waals surface area contributed by atoms with Gasteiger partial charge in [-0.25, -0.2) is 0 Å². The largest absolute Gasteiger partial charge is 0.489 e. The van der Waals surface area contributed by atoms with Crippen molar-refractivity contribution in [3.63, 3.8) is 0 Å². The SMILES string of the molecule is C[C@H]1[C@H]2C(=O)c3ccc(OCc4ccccc4)cc3[C@]1(C)CCN2CC1CC1. The van der Waals surface area contributed by atoms with Crippen molar-refractivity contribution in [3.05, 3.63) is 65.2 Å². The Morgan fingerprint density at radius 2 is 1.93 bits per heavy atom. The van der Waals surface area contributed by atoms with Crippen LogP contribution in [-0.4, -0.2) is 29.8 Å². The molecule has 2 aromatic rings. The molecule has 2 bridgehead atoms. The first-order valence-electron chi connectivity index (χ1n) is 10.7. The van der Waals surface area contributed by atoms with E-state index in [1.165, 1.54) is 18.4 Å². The average Bonchev–Trinajstić information content (AvgIpc) is 3.53. The maximum absolute atomic E-state index is 13.4. The van der Waals surface area contributed by atoms with Gasteiger partial charge >= 0.3 is 0 Å². The summed E-state index contributed by atoms with van der Waals surface area (Å²) >= 11 is 0. The van der Waals surface area contributed by atoms with E-state index in [2.05, 4.69) is 36.9 Å². The van der Waals surface area contributed by atoms with Gasteiger partial charge < -0.3 is 4.74 Å². The number of rotatable bonds is 5. The molecule has 0 unspecified atom stereocenters. The van der Waals surface area contributed by atoms with Crippen molar-refractivity contribution in [2.75, 3.05) is 13.1 Å². The number of piperidine rings is 1. The lowest BCUT2D eigenvalue weighted by Gasteiger charge is -2.53. The van der Waals surface area contributed by atoms with E-state index in [1.807, 2.05) is 30.3 Å². The van der Waals surface area contributed by atoms with E-state index in [1.54, 1.807) is 0 Å². The lowest BCUT2D eigenvalue weighted by molar-refractivity contribution is 0.0265. The molecule has 1 saturated heterocycles. The number of Topliss-reactive ketones (excluding diaryl/α,β-unsaturated/α-hetero) is 1. The fourth-order valence-corrected chi connectivity index (χ4v) is 5.22. The summed E-state index contributed by atoms with van der Waals surface area (Å²) in [6.07, 6.45) is 3.78. The van der Waals surface area contributed by atoms with E-state index >= 15 is 0 Å². The highest BCUT2D eigenvalue weighted by Crippen LogP contribution is 2.50. The molecule has 0 amide bonds. The van der Waals surface area contributed by atoms with Gasteiger partial charge in [-0.05, 0) is 72.4 Å². The predicted molar refractivity (Wildman–Crippen MR) is 111 cm³/mol. The van der Waals surface area contributed by atoms with Crippen LogP contribution in [0.3, 0.4) is 0 Å². The first-order valence-corrected chi connectivity index (χ1v) is 10.7. The normalized spacial score (nSPS) is 29.4. The number of ether oxygens (including phenoxy) is 1. The molecule has 5 rings (SSSR count). The van der Waals surface area contributed by atoms with Crippen molar-refractivity contribution >= 4 is 5.78 Å². The van der Waals surface area contributed by atoms with E-state index in [0.717, 1.165) is 42.3 Å². The van der Waals surface area contributed by atoms with Crippen molar-refractivity contribution < 1.29 is 9.53 Å². The summed E-state index contributed by atoms with van der Waals surface area (Å²) in [6.45, 7) is 7.32. The molecule has 0 spiro atoms. The molecule has 3 nitrogen and oxygen atoms in total. The van der Waals surface area contributed by atoms with Crippen LogP contribution in [0.2, 0.25) is 0 Å². The topological polar surface area (TPSA) is 29.5 Å². The molecule has 1 heterocycles. The summed E-state index contributed by atoms with van der Waals surface area (Å²) in [6, 6.07) is 16.4. The van der Waals surface area contributed by atoms with Crippen molar-refractivity contribution in [1.29, 1.82) is 0 Å². The Bertz CT molecular complexity index is 889. The number of hydrogen-bond acceptors (Lipinski definition) is 3. The molecular weight excluding hydrogens is 346 g/mol. The second-order valence-corrected chi connectivity index (χ2v) is 9.19. The van der Waals surface area contributed by atoms with Gasteiger partial charge in [-0.2, -0.15) is 0 Å². The summed E-state index contributed by atoms with van der Waals surface area (Å²) in [4.78, 5) is 15.9. The molecule has 3 aliphatic rings. The zero-order valence-electron chi connectivity index (χ0n) is 16.9. The lowest BCUT2D eigenvalue weighted by Crippen LogP contribution is -2.61. The zero-order chi connectivity index (χ0) is 19.3. The molecule has 0 N–H and O–H groups in total. The molecule has 1 saturated carbocycles. The van der Waals surface area contributed by atoms with Gasteiger partial charge in [0.25, 0.3) is 0 Å². The van der Waals surface area contributed by atoms with Gasteiger partial charge in [-0.15, -0.1) is 0 Å². The van der Waals surface area contributed by atoms with Crippen LogP contribution in [0.5, 0.6) is 5.75 Å². The summed E-state index contributed by atoms with van der Waals surface area (Å²) in [7, 11) is 0. The molecule has 146 valence electrons. The molecule has 2 aliphatic carbocycles. The smallest absolute Gasteiger partial charge is 0.180 e.